The first-order valence-electron chi connectivity index (χ1n) is 6.39. The fourth-order valence-electron chi connectivity index (χ4n) is 1.79. The summed E-state index contributed by atoms with van der Waals surface area (Å²) in [5.41, 5.74) is 1.85. The Balaban J connectivity index is 1.92. The van der Waals surface area contributed by atoms with Gasteiger partial charge >= 0.3 is 0 Å². The molecule has 0 fully saturated rings. The van der Waals surface area contributed by atoms with E-state index in [9.17, 15) is 12.8 Å². The van der Waals surface area contributed by atoms with E-state index in [0.717, 1.165) is 17.3 Å². The number of pyridine rings is 1. The molecule has 2 rings (SSSR count). The normalized spacial score (nSPS) is 11.3. The number of halogens is 1. The summed E-state index contributed by atoms with van der Waals surface area (Å²) >= 11 is 0. The number of aromatic nitrogens is 1. The molecule has 0 radical (unpaired) electrons. The Kier molecular flexibility index (Phi) is 4.87. The van der Waals surface area contributed by atoms with Crippen LogP contribution in [0.5, 0.6) is 0 Å². The molecule has 1 heterocycles. The van der Waals surface area contributed by atoms with E-state index >= 15 is 0 Å². The van der Waals surface area contributed by atoms with E-state index in [-0.39, 0.29) is 11.4 Å². The number of hydrogen-bond acceptors (Lipinski definition) is 4. The van der Waals surface area contributed by atoms with Crippen LogP contribution in [-0.2, 0) is 10.0 Å². The Hall–Kier alpha value is -1.99. The van der Waals surface area contributed by atoms with Gasteiger partial charge < -0.3 is 5.32 Å². The zero-order valence-electron chi connectivity index (χ0n) is 11.5. The molecule has 2 aromatic rings. The maximum absolute atomic E-state index is 13.5. The molecule has 7 heteroatoms. The van der Waals surface area contributed by atoms with Crippen molar-refractivity contribution in [3.8, 4) is 0 Å². The van der Waals surface area contributed by atoms with Crippen LogP contribution in [0.2, 0.25) is 0 Å². The molecule has 5 nitrogen and oxygen atoms in total. The third-order valence-corrected chi connectivity index (χ3v) is 4.37. The van der Waals surface area contributed by atoms with E-state index in [0.29, 0.717) is 6.54 Å². The van der Waals surface area contributed by atoms with E-state index in [1.165, 1.54) is 18.2 Å². The zero-order valence-corrected chi connectivity index (χ0v) is 12.3. The molecule has 0 amide bonds. The SMILES string of the molecule is Cc1cnccc1NCCNS(=O)(=O)c1ccccc1F. The van der Waals surface area contributed by atoms with Crippen LogP contribution in [0.4, 0.5) is 10.1 Å². The number of rotatable bonds is 6. The van der Waals surface area contributed by atoms with Crippen molar-refractivity contribution in [1.29, 1.82) is 0 Å². The van der Waals surface area contributed by atoms with Crippen molar-refractivity contribution in [2.24, 2.45) is 0 Å². The summed E-state index contributed by atoms with van der Waals surface area (Å²) in [6.07, 6.45) is 3.37. The van der Waals surface area contributed by atoms with E-state index < -0.39 is 15.8 Å². The summed E-state index contributed by atoms with van der Waals surface area (Å²) in [5.74, 6) is -0.761. The van der Waals surface area contributed by atoms with Gasteiger partial charge in [-0.05, 0) is 30.7 Å². The quantitative estimate of drug-likeness (QED) is 0.800. The van der Waals surface area contributed by atoms with Crippen LogP contribution >= 0.6 is 0 Å². The molecular weight excluding hydrogens is 293 g/mol. The third kappa shape index (κ3) is 3.99. The van der Waals surface area contributed by atoms with Gasteiger partial charge in [-0.2, -0.15) is 0 Å². The number of anilines is 1. The summed E-state index contributed by atoms with van der Waals surface area (Å²) in [4.78, 5) is 3.63. The van der Waals surface area contributed by atoms with Crippen molar-refractivity contribution in [2.45, 2.75) is 11.8 Å². The lowest BCUT2D eigenvalue weighted by atomic mass is 10.2. The van der Waals surface area contributed by atoms with Crippen molar-refractivity contribution in [3.05, 3.63) is 54.1 Å². The summed E-state index contributed by atoms with van der Waals surface area (Å²) in [6.45, 7) is 2.44. The van der Waals surface area contributed by atoms with Crippen molar-refractivity contribution in [3.63, 3.8) is 0 Å². The molecule has 0 aliphatic carbocycles. The first-order chi connectivity index (χ1) is 10.0. The first-order valence-corrected chi connectivity index (χ1v) is 7.88. The number of aryl methyl sites for hydroxylation is 1. The Morgan fingerprint density at radius 3 is 2.67 bits per heavy atom. The Labute approximate surface area is 123 Å². The predicted molar refractivity (Wildman–Crippen MR) is 79.1 cm³/mol. The maximum Gasteiger partial charge on any atom is 0.243 e. The van der Waals surface area contributed by atoms with Gasteiger partial charge in [-0.1, -0.05) is 12.1 Å². The number of sulfonamides is 1. The second kappa shape index (κ2) is 6.64. The summed E-state index contributed by atoms with van der Waals surface area (Å²) in [6, 6.07) is 7.09. The predicted octanol–water partition coefficient (Wildman–Crippen LogP) is 1.92. The van der Waals surface area contributed by atoms with Crippen LogP contribution in [0.25, 0.3) is 0 Å². The average molecular weight is 309 g/mol. The molecule has 0 aliphatic rings. The molecule has 0 unspecified atom stereocenters. The van der Waals surface area contributed by atoms with Crippen LogP contribution in [0.1, 0.15) is 5.56 Å². The highest BCUT2D eigenvalue weighted by atomic mass is 32.2. The van der Waals surface area contributed by atoms with Crippen LogP contribution in [0, 0.1) is 12.7 Å². The topological polar surface area (TPSA) is 71.1 Å². The van der Waals surface area contributed by atoms with Gasteiger partial charge in [-0.3, -0.25) is 4.98 Å². The lowest BCUT2D eigenvalue weighted by Crippen LogP contribution is -2.29. The molecule has 0 atom stereocenters. The van der Waals surface area contributed by atoms with Gasteiger partial charge in [0.25, 0.3) is 0 Å². The number of nitrogens with zero attached hydrogens (tertiary/aromatic N) is 1. The van der Waals surface area contributed by atoms with E-state index in [1.807, 2.05) is 6.92 Å². The van der Waals surface area contributed by atoms with Gasteiger partial charge in [0.05, 0.1) is 0 Å². The van der Waals surface area contributed by atoms with Gasteiger partial charge in [-0.15, -0.1) is 0 Å². The largest absolute Gasteiger partial charge is 0.383 e. The molecule has 0 bridgehead atoms. The molecule has 0 spiro atoms. The molecule has 112 valence electrons. The van der Waals surface area contributed by atoms with Crippen molar-refractivity contribution in [1.82, 2.24) is 9.71 Å². The standard InChI is InChI=1S/C14H16FN3O2S/c1-11-10-16-7-6-13(11)17-8-9-18-21(19,20)14-5-3-2-4-12(14)15/h2-7,10,18H,8-9H2,1H3,(H,16,17). The van der Waals surface area contributed by atoms with Crippen LogP contribution in [-0.4, -0.2) is 26.5 Å². The molecule has 2 N–H and O–H groups in total. The maximum atomic E-state index is 13.5. The monoisotopic (exact) mass is 309 g/mol. The van der Waals surface area contributed by atoms with Crippen molar-refractivity contribution < 1.29 is 12.8 Å². The minimum Gasteiger partial charge on any atom is -0.383 e. The lowest BCUT2D eigenvalue weighted by Gasteiger charge is -2.10. The summed E-state index contributed by atoms with van der Waals surface area (Å²) in [5, 5.41) is 3.09. The van der Waals surface area contributed by atoms with Crippen LogP contribution < -0.4 is 10.0 Å². The smallest absolute Gasteiger partial charge is 0.243 e. The third-order valence-electron chi connectivity index (χ3n) is 2.88. The highest BCUT2D eigenvalue weighted by Gasteiger charge is 2.17. The van der Waals surface area contributed by atoms with E-state index in [2.05, 4.69) is 15.0 Å². The number of benzene rings is 1. The minimum absolute atomic E-state index is 0.151. The summed E-state index contributed by atoms with van der Waals surface area (Å²) < 4.78 is 39.7. The second-order valence-electron chi connectivity index (χ2n) is 4.45. The lowest BCUT2D eigenvalue weighted by molar-refractivity contribution is 0.558. The zero-order chi connectivity index (χ0) is 15.3. The van der Waals surface area contributed by atoms with Gasteiger partial charge in [-0.25, -0.2) is 17.5 Å². The Morgan fingerprint density at radius 2 is 1.95 bits per heavy atom. The number of nitrogens with one attached hydrogen (secondary N) is 2. The molecule has 0 saturated heterocycles. The molecule has 1 aromatic carbocycles. The molecule has 1 aromatic heterocycles. The van der Waals surface area contributed by atoms with Gasteiger partial charge in [0, 0.05) is 31.2 Å². The summed E-state index contributed by atoms with van der Waals surface area (Å²) in [7, 11) is -3.83. The van der Waals surface area contributed by atoms with Crippen LogP contribution in [0.15, 0.2) is 47.6 Å². The average Bonchev–Trinajstić information content (AvgIpc) is 2.45. The Bertz CT molecular complexity index is 720. The second-order valence-corrected chi connectivity index (χ2v) is 6.18. The van der Waals surface area contributed by atoms with Crippen molar-refractivity contribution in [2.75, 3.05) is 18.4 Å². The molecule has 0 saturated carbocycles. The minimum atomic E-state index is -3.83. The first kappa shape index (κ1) is 15.4. The van der Waals surface area contributed by atoms with Gasteiger partial charge in [0.1, 0.15) is 10.7 Å². The van der Waals surface area contributed by atoms with E-state index in [4.69, 9.17) is 0 Å². The van der Waals surface area contributed by atoms with Gasteiger partial charge in [0.2, 0.25) is 10.0 Å². The molecule has 21 heavy (non-hydrogen) atoms. The Morgan fingerprint density at radius 1 is 1.19 bits per heavy atom. The van der Waals surface area contributed by atoms with E-state index in [1.54, 1.807) is 18.5 Å². The fourth-order valence-corrected chi connectivity index (χ4v) is 2.90. The molecular formula is C14H16FN3O2S. The van der Waals surface area contributed by atoms with Gasteiger partial charge in [0.15, 0.2) is 0 Å². The van der Waals surface area contributed by atoms with Crippen molar-refractivity contribution >= 4 is 15.7 Å². The van der Waals surface area contributed by atoms with Crippen LogP contribution in [0.3, 0.4) is 0 Å². The highest BCUT2D eigenvalue weighted by molar-refractivity contribution is 7.89. The fraction of sp³-hybridized carbons (Fsp3) is 0.214. The number of hydrogen-bond donors (Lipinski definition) is 2. The molecule has 0 aliphatic heterocycles. The highest BCUT2D eigenvalue weighted by Crippen LogP contribution is 2.13.